The Morgan fingerprint density at radius 2 is 1.65 bits per heavy atom. The summed E-state index contributed by atoms with van der Waals surface area (Å²) in [5.41, 5.74) is 5.27. The first-order valence-electron chi connectivity index (χ1n) is 11.4. The first kappa shape index (κ1) is 20.0. The Kier molecular flexibility index (Phi) is 5.56. The maximum Gasteiger partial charge on any atom is 0.119 e. The van der Waals surface area contributed by atoms with E-state index in [4.69, 9.17) is 4.74 Å². The predicted octanol–water partition coefficient (Wildman–Crippen LogP) is 5.90. The molecule has 0 unspecified atom stereocenters. The molecule has 1 saturated heterocycles. The van der Waals surface area contributed by atoms with Crippen molar-refractivity contribution in [1.29, 1.82) is 0 Å². The van der Waals surface area contributed by atoms with Gasteiger partial charge in [-0.15, -0.1) is 0 Å². The maximum absolute atomic E-state index is 5.25. The van der Waals surface area contributed by atoms with Gasteiger partial charge in [-0.2, -0.15) is 0 Å². The number of anilines is 1. The molecule has 0 amide bonds. The third-order valence-electron chi connectivity index (χ3n) is 6.61. The van der Waals surface area contributed by atoms with E-state index in [-0.39, 0.29) is 0 Å². The molecule has 4 heteroatoms. The van der Waals surface area contributed by atoms with Gasteiger partial charge in [-0.3, -0.25) is 4.90 Å². The minimum absolute atomic E-state index is 0.537. The largest absolute Gasteiger partial charge is 0.497 e. The Morgan fingerprint density at radius 3 is 2.39 bits per heavy atom. The average Bonchev–Trinajstić information content (AvgIpc) is 3.14. The summed E-state index contributed by atoms with van der Waals surface area (Å²) >= 11 is 0. The number of nitrogens with one attached hydrogen (secondary N) is 1. The highest BCUT2D eigenvalue weighted by Crippen LogP contribution is 2.30. The first-order chi connectivity index (χ1) is 15.2. The third kappa shape index (κ3) is 4.00. The van der Waals surface area contributed by atoms with Crippen LogP contribution >= 0.6 is 0 Å². The van der Waals surface area contributed by atoms with Crippen molar-refractivity contribution in [3.05, 3.63) is 72.3 Å². The van der Waals surface area contributed by atoms with E-state index in [9.17, 15) is 0 Å². The summed E-state index contributed by atoms with van der Waals surface area (Å²) < 4.78 is 7.67. The Balaban J connectivity index is 1.25. The van der Waals surface area contributed by atoms with Gasteiger partial charge in [-0.05, 0) is 67.8 Å². The molecule has 1 N–H and O–H groups in total. The highest BCUT2D eigenvalue weighted by molar-refractivity contribution is 6.08. The normalized spacial score (nSPS) is 15.5. The zero-order valence-electron chi connectivity index (χ0n) is 18.5. The minimum Gasteiger partial charge on any atom is -0.497 e. The van der Waals surface area contributed by atoms with Crippen molar-refractivity contribution in [2.24, 2.45) is 0 Å². The topological polar surface area (TPSA) is 29.4 Å². The number of ether oxygens (including phenoxy) is 1. The fraction of sp³-hybridized carbons (Fsp3) is 0.333. The minimum atomic E-state index is 0.537. The Morgan fingerprint density at radius 1 is 0.903 bits per heavy atom. The van der Waals surface area contributed by atoms with Gasteiger partial charge in [0.2, 0.25) is 0 Å². The Hall–Kier alpha value is -2.98. The smallest absolute Gasteiger partial charge is 0.119 e. The molecule has 1 aliphatic rings. The molecule has 0 saturated carbocycles. The summed E-state index contributed by atoms with van der Waals surface area (Å²) in [4.78, 5) is 2.59. The van der Waals surface area contributed by atoms with Gasteiger partial charge in [0.05, 0.1) is 7.11 Å². The summed E-state index contributed by atoms with van der Waals surface area (Å²) in [6.45, 7) is 6.50. The molecule has 4 nitrogen and oxygen atoms in total. The van der Waals surface area contributed by atoms with Crippen molar-refractivity contribution < 1.29 is 4.74 Å². The van der Waals surface area contributed by atoms with Crippen molar-refractivity contribution in [3.8, 4) is 5.75 Å². The van der Waals surface area contributed by atoms with Crippen molar-refractivity contribution in [2.75, 3.05) is 25.5 Å². The number of hydrogen-bond acceptors (Lipinski definition) is 3. The number of benzene rings is 3. The number of aromatic nitrogens is 1. The third-order valence-corrected chi connectivity index (χ3v) is 6.61. The van der Waals surface area contributed by atoms with E-state index in [1.165, 1.54) is 45.9 Å². The molecule has 3 aromatic carbocycles. The van der Waals surface area contributed by atoms with E-state index in [0.717, 1.165) is 31.9 Å². The number of methoxy groups -OCH3 is 1. The van der Waals surface area contributed by atoms with Crippen molar-refractivity contribution in [2.45, 2.75) is 38.9 Å². The zero-order valence-corrected chi connectivity index (χ0v) is 18.5. The van der Waals surface area contributed by atoms with E-state index < -0.39 is 0 Å². The van der Waals surface area contributed by atoms with E-state index in [1.54, 1.807) is 7.11 Å². The van der Waals surface area contributed by atoms with Crippen LogP contribution in [0.25, 0.3) is 21.8 Å². The maximum atomic E-state index is 5.25. The summed E-state index contributed by atoms with van der Waals surface area (Å²) in [5.74, 6) is 0.902. The van der Waals surface area contributed by atoms with E-state index in [1.807, 2.05) is 12.1 Å². The molecule has 160 valence electrons. The molecule has 1 fully saturated rings. The fourth-order valence-corrected chi connectivity index (χ4v) is 4.96. The second-order valence-corrected chi connectivity index (χ2v) is 8.54. The van der Waals surface area contributed by atoms with Crippen LogP contribution in [0.4, 0.5) is 5.69 Å². The SMILES string of the molecule is CCn1c2ccccc2c2cc(CN3CCC(Nc4ccc(OC)cc4)CC3)ccc21. The number of nitrogens with zero attached hydrogens (tertiary/aromatic N) is 2. The van der Waals surface area contributed by atoms with Gasteiger partial charge >= 0.3 is 0 Å². The molecule has 31 heavy (non-hydrogen) atoms. The van der Waals surface area contributed by atoms with E-state index in [2.05, 4.69) is 76.3 Å². The number of fused-ring (bicyclic) bond motifs is 3. The van der Waals surface area contributed by atoms with Crippen molar-refractivity contribution in [3.63, 3.8) is 0 Å². The summed E-state index contributed by atoms with van der Waals surface area (Å²) in [6.07, 6.45) is 2.34. The van der Waals surface area contributed by atoms with Gasteiger partial charge in [0.15, 0.2) is 0 Å². The Labute approximate surface area is 184 Å². The predicted molar refractivity (Wildman–Crippen MR) is 130 cm³/mol. The molecular weight excluding hydrogens is 382 g/mol. The number of piperidine rings is 1. The number of hydrogen-bond donors (Lipinski definition) is 1. The van der Waals surface area contributed by atoms with Crippen LogP contribution in [0.5, 0.6) is 5.75 Å². The van der Waals surface area contributed by atoms with Crippen LogP contribution in [-0.4, -0.2) is 35.7 Å². The van der Waals surface area contributed by atoms with Crippen LogP contribution < -0.4 is 10.1 Å². The molecule has 4 aromatic rings. The van der Waals surface area contributed by atoms with Gasteiger partial charge < -0.3 is 14.6 Å². The molecule has 0 spiro atoms. The van der Waals surface area contributed by atoms with E-state index in [0.29, 0.717) is 6.04 Å². The second-order valence-electron chi connectivity index (χ2n) is 8.54. The average molecular weight is 414 g/mol. The first-order valence-corrected chi connectivity index (χ1v) is 11.4. The van der Waals surface area contributed by atoms with Gasteiger partial charge in [-0.1, -0.05) is 24.3 Å². The number of likely N-dealkylation sites (tertiary alicyclic amines) is 1. The molecular formula is C27H31N3O. The summed E-state index contributed by atoms with van der Waals surface area (Å²) in [7, 11) is 1.71. The van der Waals surface area contributed by atoms with Gasteiger partial charge in [0.1, 0.15) is 5.75 Å². The van der Waals surface area contributed by atoms with Crippen LogP contribution in [0.2, 0.25) is 0 Å². The second kappa shape index (κ2) is 8.64. The molecule has 5 rings (SSSR count). The Bertz CT molecular complexity index is 1170. The fourth-order valence-electron chi connectivity index (χ4n) is 4.96. The molecule has 0 aliphatic carbocycles. The summed E-state index contributed by atoms with van der Waals surface area (Å²) in [6, 6.07) is 24.6. The van der Waals surface area contributed by atoms with Gasteiger partial charge in [0.25, 0.3) is 0 Å². The lowest BCUT2D eigenvalue weighted by Gasteiger charge is -2.33. The van der Waals surface area contributed by atoms with Crippen LogP contribution in [0.1, 0.15) is 25.3 Å². The number of rotatable bonds is 6. The van der Waals surface area contributed by atoms with Crippen LogP contribution in [0, 0.1) is 0 Å². The van der Waals surface area contributed by atoms with E-state index >= 15 is 0 Å². The lowest BCUT2D eigenvalue weighted by molar-refractivity contribution is 0.211. The number of aryl methyl sites for hydroxylation is 1. The van der Waals surface area contributed by atoms with Crippen molar-refractivity contribution in [1.82, 2.24) is 9.47 Å². The lowest BCUT2D eigenvalue weighted by atomic mass is 10.0. The molecule has 0 bridgehead atoms. The highest BCUT2D eigenvalue weighted by atomic mass is 16.5. The molecule has 0 atom stereocenters. The standard InChI is InChI=1S/C27H31N3O/c1-3-30-26-7-5-4-6-24(26)25-18-20(8-13-27(25)30)19-29-16-14-22(15-17-29)28-21-9-11-23(31-2)12-10-21/h4-13,18,22,28H,3,14-17,19H2,1-2H3. The van der Waals surface area contributed by atoms with Gasteiger partial charge in [-0.25, -0.2) is 0 Å². The number of para-hydroxylation sites is 1. The van der Waals surface area contributed by atoms with Crippen LogP contribution in [0.15, 0.2) is 66.7 Å². The zero-order chi connectivity index (χ0) is 21.2. The monoisotopic (exact) mass is 413 g/mol. The molecule has 1 aromatic heterocycles. The van der Waals surface area contributed by atoms with Crippen LogP contribution in [-0.2, 0) is 13.1 Å². The van der Waals surface area contributed by atoms with Gasteiger partial charge in [0, 0.05) is 59.7 Å². The molecule has 0 radical (unpaired) electrons. The lowest BCUT2D eigenvalue weighted by Crippen LogP contribution is -2.38. The van der Waals surface area contributed by atoms with Crippen LogP contribution in [0.3, 0.4) is 0 Å². The van der Waals surface area contributed by atoms with Crippen molar-refractivity contribution >= 4 is 27.5 Å². The highest BCUT2D eigenvalue weighted by Gasteiger charge is 2.19. The molecule has 2 heterocycles. The molecule has 1 aliphatic heterocycles. The quantitative estimate of drug-likeness (QED) is 0.427. The summed E-state index contributed by atoms with van der Waals surface area (Å²) in [5, 5.41) is 6.43.